The Morgan fingerprint density at radius 1 is 1.25 bits per heavy atom. The summed E-state index contributed by atoms with van der Waals surface area (Å²) in [6.45, 7) is 1.82. The van der Waals surface area contributed by atoms with Gasteiger partial charge in [0.05, 0.1) is 6.04 Å². The first-order valence-electron chi connectivity index (χ1n) is 6.69. The van der Waals surface area contributed by atoms with Crippen molar-refractivity contribution in [2.45, 2.75) is 18.9 Å². The monoisotopic (exact) mass is 268 g/mol. The van der Waals surface area contributed by atoms with Gasteiger partial charge in [-0.25, -0.2) is 4.98 Å². The Balaban J connectivity index is 1.68. The number of piperidine rings is 1. The number of nitrogens with two attached hydrogens (primary N) is 1. The summed E-state index contributed by atoms with van der Waals surface area (Å²) in [4.78, 5) is 6.55. The normalized spacial score (nSPS) is 16.1. The van der Waals surface area contributed by atoms with Gasteiger partial charge in [0, 0.05) is 19.3 Å². The van der Waals surface area contributed by atoms with E-state index in [9.17, 15) is 0 Å². The minimum absolute atomic E-state index is 0.391. The van der Waals surface area contributed by atoms with Crippen molar-refractivity contribution in [3.05, 3.63) is 36.2 Å². The van der Waals surface area contributed by atoms with Crippen LogP contribution in [0.25, 0.3) is 0 Å². The van der Waals surface area contributed by atoms with Gasteiger partial charge < -0.3 is 10.6 Å². The topological polar surface area (TPSA) is 83.8 Å². The average molecular weight is 268 g/mol. The van der Waals surface area contributed by atoms with Gasteiger partial charge in [0.15, 0.2) is 0 Å². The zero-order valence-electron chi connectivity index (χ0n) is 11.1. The minimum atomic E-state index is 0.391. The minimum Gasteiger partial charge on any atom is -0.382 e. The summed E-state index contributed by atoms with van der Waals surface area (Å²) < 4.78 is 1.95. The molecule has 0 amide bonds. The van der Waals surface area contributed by atoms with Gasteiger partial charge >= 0.3 is 0 Å². The molecule has 2 N–H and O–H groups in total. The molecule has 0 radical (unpaired) electrons. The summed E-state index contributed by atoms with van der Waals surface area (Å²) in [6, 6.07) is 9.85. The van der Waals surface area contributed by atoms with E-state index in [-0.39, 0.29) is 0 Å². The number of anilines is 2. The summed E-state index contributed by atoms with van der Waals surface area (Å²) in [5.74, 6) is 1.44. The van der Waals surface area contributed by atoms with Crippen molar-refractivity contribution in [2.24, 2.45) is 0 Å². The number of rotatable bonds is 2. The average Bonchev–Trinajstić information content (AvgIpc) is 2.94. The lowest BCUT2D eigenvalue weighted by molar-refractivity contribution is 0.367. The molecule has 1 saturated heterocycles. The van der Waals surface area contributed by atoms with Crippen molar-refractivity contribution in [3.63, 3.8) is 0 Å². The van der Waals surface area contributed by atoms with Crippen molar-refractivity contribution in [1.29, 1.82) is 5.26 Å². The van der Waals surface area contributed by atoms with Gasteiger partial charge in [-0.3, -0.25) is 4.68 Å². The van der Waals surface area contributed by atoms with Crippen LogP contribution in [0.2, 0.25) is 0 Å². The van der Waals surface area contributed by atoms with E-state index in [1.807, 2.05) is 29.1 Å². The molecule has 6 nitrogen and oxygen atoms in total. The van der Waals surface area contributed by atoms with Crippen molar-refractivity contribution >= 4 is 11.6 Å². The molecule has 2 aromatic heterocycles. The number of hydrogen-bond acceptors (Lipinski definition) is 5. The fraction of sp³-hybridized carbons (Fsp3) is 0.357. The molecule has 6 heteroatoms. The highest BCUT2D eigenvalue weighted by Gasteiger charge is 2.22. The molecule has 0 unspecified atom stereocenters. The highest BCUT2D eigenvalue weighted by molar-refractivity contribution is 5.42. The van der Waals surface area contributed by atoms with Crippen molar-refractivity contribution in [1.82, 2.24) is 14.8 Å². The predicted octanol–water partition coefficient (Wildman–Crippen LogP) is 1.57. The van der Waals surface area contributed by atoms with E-state index in [1.54, 1.807) is 6.07 Å². The number of nitrogen functional groups attached to an aromatic ring is 1. The third-order valence-corrected chi connectivity index (χ3v) is 3.64. The molecule has 20 heavy (non-hydrogen) atoms. The molecular formula is C14H16N6. The van der Waals surface area contributed by atoms with E-state index in [4.69, 9.17) is 11.0 Å². The largest absolute Gasteiger partial charge is 0.382 e. The Morgan fingerprint density at radius 2 is 2.05 bits per heavy atom. The molecule has 3 heterocycles. The first-order valence-corrected chi connectivity index (χ1v) is 6.69. The fourth-order valence-electron chi connectivity index (χ4n) is 2.58. The fourth-order valence-corrected chi connectivity index (χ4v) is 2.58. The maximum Gasteiger partial charge on any atom is 0.145 e. The Labute approximate surface area is 117 Å². The maximum atomic E-state index is 8.90. The van der Waals surface area contributed by atoms with Gasteiger partial charge in [0.2, 0.25) is 0 Å². The van der Waals surface area contributed by atoms with Crippen LogP contribution in [0, 0.1) is 11.3 Å². The zero-order chi connectivity index (χ0) is 13.9. The van der Waals surface area contributed by atoms with Crippen LogP contribution >= 0.6 is 0 Å². The van der Waals surface area contributed by atoms with Gasteiger partial charge in [0.25, 0.3) is 0 Å². The van der Waals surface area contributed by atoms with Gasteiger partial charge in [-0.2, -0.15) is 10.4 Å². The number of pyridine rings is 1. The predicted molar refractivity (Wildman–Crippen MR) is 76.1 cm³/mol. The number of nitriles is 1. The van der Waals surface area contributed by atoms with Crippen LogP contribution in [0.4, 0.5) is 11.6 Å². The van der Waals surface area contributed by atoms with E-state index < -0.39 is 0 Å². The highest BCUT2D eigenvalue weighted by atomic mass is 15.3. The van der Waals surface area contributed by atoms with Gasteiger partial charge in [0.1, 0.15) is 23.4 Å². The molecule has 0 aromatic carbocycles. The van der Waals surface area contributed by atoms with Crippen LogP contribution in [-0.4, -0.2) is 27.9 Å². The number of aromatic nitrogens is 3. The lowest BCUT2D eigenvalue weighted by atomic mass is 10.1. The van der Waals surface area contributed by atoms with Crippen molar-refractivity contribution < 1.29 is 0 Å². The van der Waals surface area contributed by atoms with E-state index >= 15 is 0 Å². The Kier molecular flexibility index (Phi) is 3.25. The van der Waals surface area contributed by atoms with Crippen molar-refractivity contribution in [2.75, 3.05) is 23.7 Å². The van der Waals surface area contributed by atoms with E-state index in [0.29, 0.717) is 17.6 Å². The number of hydrogen-bond donors (Lipinski definition) is 1. The highest BCUT2D eigenvalue weighted by Crippen LogP contribution is 2.25. The SMILES string of the molecule is N#Cc1cccc(N2CCC(n3ccc(N)n3)CC2)n1. The number of nitrogens with zero attached hydrogens (tertiary/aromatic N) is 5. The van der Waals surface area contributed by atoms with Crippen LogP contribution in [-0.2, 0) is 0 Å². The van der Waals surface area contributed by atoms with Gasteiger partial charge in [-0.1, -0.05) is 6.07 Å². The van der Waals surface area contributed by atoms with E-state index in [2.05, 4.69) is 21.1 Å². The molecule has 1 fully saturated rings. The molecular weight excluding hydrogens is 252 g/mol. The molecule has 1 aliphatic rings. The molecule has 1 aliphatic heterocycles. The molecule has 0 bridgehead atoms. The third kappa shape index (κ3) is 2.43. The van der Waals surface area contributed by atoms with E-state index in [1.165, 1.54) is 0 Å². The van der Waals surface area contributed by atoms with E-state index in [0.717, 1.165) is 31.7 Å². The first kappa shape index (κ1) is 12.5. The smallest absolute Gasteiger partial charge is 0.145 e. The molecule has 0 saturated carbocycles. The summed E-state index contributed by atoms with van der Waals surface area (Å²) in [6.07, 6.45) is 3.93. The Hall–Kier alpha value is -2.55. The molecule has 0 spiro atoms. The second kappa shape index (κ2) is 5.21. The van der Waals surface area contributed by atoms with Crippen LogP contribution in [0.1, 0.15) is 24.6 Å². The zero-order valence-corrected chi connectivity index (χ0v) is 11.1. The molecule has 102 valence electrons. The Morgan fingerprint density at radius 3 is 2.70 bits per heavy atom. The molecule has 0 aliphatic carbocycles. The summed E-state index contributed by atoms with van der Waals surface area (Å²) in [5, 5.41) is 13.2. The third-order valence-electron chi connectivity index (χ3n) is 3.64. The van der Waals surface area contributed by atoms with Crippen LogP contribution in [0.5, 0.6) is 0 Å². The first-order chi connectivity index (χ1) is 9.76. The summed E-state index contributed by atoms with van der Waals surface area (Å²) in [7, 11) is 0. The standard InChI is InChI=1S/C14H16N6/c15-10-11-2-1-3-14(17-11)19-7-4-12(5-8-19)20-9-6-13(16)18-20/h1-3,6,9,12H,4-5,7-8H2,(H2,16,18). The second-order valence-corrected chi connectivity index (χ2v) is 4.93. The van der Waals surface area contributed by atoms with Crippen LogP contribution in [0.3, 0.4) is 0 Å². The Bertz CT molecular complexity index is 633. The van der Waals surface area contributed by atoms with Crippen LogP contribution in [0.15, 0.2) is 30.5 Å². The molecule has 2 aromatic rings. The lowest BCUT2D eigenvalue weighted by Crippen LogP contribution is -2.35. The quantitative estimate of drug-likeness (QED) is 0.893. The van der Waals surface area contributed by atoms with Crippen LogP contribution < -0.4 is 10.6 Å². The summed E-state index contributed by atoms with van der Waals surface area (Å²) in [5.41, 5.74) is 6.12. The molecule has 3 rings (SSSR count). The van der Waals surface area contributed by atoms with Gasteiger partial charge in [-0.15, -0.1) is 0 Å². The summed E-state index contributed by atoms with van der Waals surface area (Å²) >= 11 is 0. The lowest BCUT2D eigenvalue weighted by Gasteiger charge is -2.32. The molecule has 0 atom stereocenters. The van der Waals surface area contributed by atoms with Gasteiger partial charge in [-0.05, 0) is 31.0 Å². The maximum absolute atomic E-state index is 8.90. The van der Waals surface area contributed by atoms with Crippen molar-refractivity contribution in [3.8, 4) is 6.07 Å². The second-order valence-electron chi connectivity index (χ2n) is 4.93.